The Bertz CT molecular complexity index is 1540. The van der Waals surface area contributed by atoms with Crippen molar-refractivity contribution in [2.75, 3.05) is 0 Å². The molecule has 6 heteroatoms. The Morgan fingerprint density at radius 3 is 2.66 bits per heavy atom. The summed E-state index contributed by atoms with van der Waals surface area (Å²) in [6.45, 7) is 1.95. The molecule has 6 aromatic rings. The predicted octanol–water partition coefficient (Wildman–Crippen LogP) is 6.06. The number of aryl methyl sites for hydroxylation is 1. The minimum absolute atomic E-state index is 0.0469. The lowest BCUT2D eigenvalue weighted by Gasteiger charge is -2.10. The lowest BCUT2D eigenvalue weighted by Crippen LogP contribution is -1.98. The summed E-state index contributed by atoms with van der Waals surface area (Å²) in [5.41, 5.74) is 4.01. The van der Waals surface area contributed by atoms with Crippen LogP contribution in [0.2, 0.25) is 0 Å². The van der Waals surface area contributed by atoms with E-state index in [1.807, 2.05) is 49.4 Å². The van der Waals surface area contributed by atoms with Gasteiger partial charge >= 0.3 is 0 Å². The Balaban J connectivity index is 1.75. The number of benzene rings is 2. The van der Waals surface area contributed by atoms with Gasteiger partial charge in [-0.3, -0.25) is 4.57 Å². The molecule has 0 radical (unpaired) electrons. The second-order valence-electron chi connectivity index (χ2n) is 7.07. The van der Waals surface area contributed by atoms with Crippen LogP contribution in [0.25, 0.3) is 49.7 Å². The summed E-state index contributed by atoms with van der Waals surface area (Å²) in [7, 11) is 0. The quantitative estimate of drug-likeness (QED) is 0.323. The number of rotatable bonds is 1. The Kier molecular flexibility index (Phi) is 3.13. The first-order chi connectivity index (χ1) is 14.1. The molecule has 0 unspecified atom stereocenters. The summed E-state index contributed by atoms with van der Waals surface area (Å²) in [4.78, 5) is 8.30. The van der Waals surface area contributed by atoms with Crippen LogP contribution in [0.3, 0.4) is 0 Å². The summed E-state index contributed by atoms with van der Waals surface area (Å²) >= 11 is 0. The second kappa shape index (κ2) is 5.61. The minimum atomic E-state index is -0.905. The van der Waals surface area contributed by atoms with E-state index in [-0.39, 0.29) is 11.1 Å². The number of fused-ring (bicyclic) bond motifs is 6. The molecular weight excluding hydrogens is 372 g/mol. The molecule has 0 N–H and O–H groups in total. The van der Waals surface area contributed by atoms with Gasteiger partial charge in [0.05, 0.1) is 16.6 Å². The van der Waals surface area contributed by atoms with Crippen molar-refractivity contribution in [1.82, 2.24) is 14.5 Å². The van der Waals surface area contributed by atoms with Gasteiger partial charge in [0.25, 0.3) is 0 Å². The predicted molar refractivity (Wildman–Crippen MR) is 108 cm³/mol. The molecule has 4 nitrogen and oxygen atoms in total. The molecule has 0 saturated heterocycles. The molecule has 4 aromatic heterocycles. The van der Waals surface area contributed by atoms with Gasteiger partial charge in [-0.1, -0.05) is 18.2 Å². The van der Waals surface area contributed by atoms with E-state index in [1.165, 1.54) is 0 Å². The van der Waals surface area contributed by atoms with Crippen molar-refractivity contribution < 1.29 is 13.2 Å². The van der Waals surface area contributed by atoms with Crippen LogP contribution in [0.15, 0.2) is 65.2 Å². The van der Waals surface area contributed by atoms with Crippen LogP contribution in [-0.2, 0) is 0 Å². The molecule has 140 valence electrons. The molecule has 0 fully saturated rings. The third-order valence-corrected chi connectivity index (χ3v) is 5.36. The molecule has 0 aliphatic rings. The van der Waals surface area contributed by atoms with E-state index < -0.39 is 11.8 Å². The summed E-state index contributed by atoms with van der Waals surface area (Å²) in [6, 6.07) is 16.5. The Hall–Kier alpha value is -3.80. The number of hydrogen-bond acceptors (Lipinski definition) is 3. The first-order valence-corrected chi connectivity index (χ1v) is 9.15. The molecular formula is C23H13F2N3O. The maximum absolute atomic E-state index is 14.4. The van der Waals surface area contributed by atoms with E-state index in [0.29, 0.717) is 11.0 Å². The van der Waals surface area contributed by atoms with E-state index >= 15 is 0 Å². The standard InChI is InChI=1S/C23H13F2N3O/c1-12-9-15-19(29-23-21(15)16(24)10-20(25)27-23)11-18(12)28-17-7-3-2-5-13(17)14-6-4-8-26-22(14)28/h2-11H,1H3. The van der Waals surface area contributed by atoms with Crippen LogP contribution in [0.1, 0.15) is 5.56 Å². The summed E-state index contributed by atoms with van der Waals surface area (Å²) < 4.78 is 35.7. The van der Waals surface area contributed by atoms with Gasteiger partial charge in [-0.15, -0.1) is 0 Å². The molecule has 0 aliphatic carbocycles. The fourth-order valence-corrected chi connectivity index (χ4v) is 4.12. The summed E-state index contributed by atoms with van der Waals surface area (Å²) in [6.07, 6.45) is 1.76. The van der Waals surface area contributed by atoms with E-state index in [2.05, 4.69) is 20.6 Å². The zero-order valence-corrected chi connectivity index (χ0v) is 15.3. The lowest BCUT2D eigenvalue weighted by molar-refractivity contribution is 0.547. The van der Waals surface area contributed by atoms with Gasteiger partial charge in [-0.25, -0.2) is 9.37 Å². The largest absolute Gasteiger partial charge is 0.437 e. The first-order valence-electron chi connectivity index (χ1n) is 9.15. The number of halogens is 2. The van der Waals surface area contributed by atoms with Gasteiger partial charge in [0.1, 0.15) is 17.0 Å². The molecule has 6 rings (SSSR count). The van der Waals surface area contributed by atoms with Crippen LogP contribution < -0.4 is 0 Å². The Morgan fingerprint density at radius 1 is 0.931 bits per heavy atom. The number of para-hydroxylation sites is 1. The highest BCUT2D eigenvalue weighted by molar-refractivity contribution is 6.09. The third-order valence-electron chi connectivity index (χ3n) is 5.36. The van der Waals surface area contributed by atoms with Gasteiger partial charge in [-0.2, -0.15) is 9.37 Å². The van der Waals surface area contributed by atoms with Gasteiger partial charge < -0.3 is 4.42 Å². The highest BCUT2D eigenvalue weighted by Crippen LogP contribution is 2.36. The third kappa shape index (κ3) is 2.17. The van der Waals surface area contributed by atoms with E-state index in [4.69, 9.17) is 4.42 Å². The molecule has 2 aromatic carbocycles. The van der Waals surface area contributed by atoms with Crippen molar-refractivity contribution in [2.24, 2.45) is 0 Å². The fraction of sp³-hybridized carbons (Fsp3) is 0.0435. The fourth-order valence-electron chi connectivity index (χ4n) is 4.12. The number of aromatic nitrogens is 3. The molecule has 0 atom stereocenters. The molecule has 4 heterocycles. The molecule has 0 aliphatic heterocycles. The zero-order chi connectivity index (χ0) is 19.7. The number of pyridine rings is 2. The molecule has 29 heavy (non-hydrogen) atoms. The van der Waals surface area contributed by atoms with Crippen molar-refractivity contribution in [2.45, 2.75) is 6.92 Å². The van der Waals surface area contributed by atoms with E-state index in [0.717, 1.165) is 39.3 Å². The highest BCUT2D eigenvalue weighted by Gasteiger charge is 2.19. The number of nitrogens with zero attached hydrogens (tertiary/aromatic N) is 3. The van der Waals surface area contributed by atoms with Crippen molar-refractivity contribution in [3.05, 3.63) is 78.1 Å². The Labute approximate surface area is 163 Å². The highest BCUT2D eigenvalue weighted by atomic mass is 19.1. The monoisotopic (exact) mass is 385 g/mol. The van der Waals surface area contributed by atoms with Gasteiger partial charge in [-0.05, 0) is 36.8 Å². The van der Waals surface area contributed by atoms with Gasteiger partial charge in [0.15, 0.2) is 0 Å². The van der Waals surface area contributed by atoms with Crippen LogP contribution in [0.5, 0.6) is 0 Å². The van der Waals surface area contributed by atoms with E-state index in [1.54, 1.807) is 6.20 Å². The topological polar surface area (TPSA) is 43.9 Å². The second-order valence-corrected chi connectivity index (χ2v) is 7.07. The number of hydrogen-bond donors (Lipinski definition) is 0. The van der Waals surface area contributed by atoms with Crippen LogP contribution in [-0.4, -0.2) is 14.5 Å². The average Bonchev–Trinajstić information content (AvgIpc) is 3.22. The van der Waals surface area contributed by atoms with Gasteiger partial charge in [0.2, 0.25) is 11.7 Å². The van der Waals surface area contributed by atoms with Crippen molar-refractivity contribution in [1.29, 1.82) is 0 Å². The SMILES string of the molecule is Cc1cc2c(cc1-n1c3ccccc3c3cccnc31)oc1nc(F)cc(F)c12. The average molecular weight is 385 g/mol. The van der Waals surface area contributed by atoms with Crippen molar-refractivity contribution >= 4 is 44.0 Å². The molecule has 0 amide bonds. The van der Waals surface area contributed by atoms with Crippen molar-refractivity contribution in [3.63, 3.8) is 0 Å². The zero-order valence-electron chi connectivity index (χ0n) is 15.3. The molecule has 0 spiro atoms. The summed E-state index contributed by atoms with van der Waals surface area (Å²) in [5.74, 6) is -1.59. The van der Waals surface area contributed by atoms with Crippen molar-refractivity contribution in [3.8, 4) is 5.69 Å². The van der Waals surface area contributed by atoms with Crippen LogP contribution in [0, 0.1) is 18.7 Å². The normalized spacial score (nSPS) is 12.0. The maximum atomic E-state index is 14.4. The first kappa shape index (κ1) is 16.2. The number of furan rings is 1. The molecule has 0 bridgehead atoms. The van der Waals surface area contributed by atoms with Gasteiger partial charge in [0, 0.05) is 34.5 Å². The molecule has 0 saturated carbocycles. The van der Waals surface area contributed by atoms with Crippen LogP contribution in [0.4, 0.5) is 8.78 Å². The smallest absolute Gasteiger partial charge is 0.232 e. The van der Waals surface area contributed by atoms with Crippen LogP contribution >= 0.6 is 0 Å². The Morgan fingerprint density at radius 2 is 1.76 bits per heavy atom. The minimum Gasteiger partial charge on any atom is -0.437 e. The summed E-state index contributed by atoms with van der Waals surface area (Å²) in [5, 5.41) is 2.90. The van der Waals surface area contributed by atoms with E-state index in [9.17, 15) is 8.78 Å². The maximum Gasteiger partial charge on any atom is 0.232 e. The lowest BCUT2D eigenvalue weighted by atomic mass is 10.1.